The molecule has 0 saturated heterocycles. The zero-order valence-electron chi connectivity index (χ0n) is 16.5. The van der Waals surface area contributed by atoms with Crippen LogP contribution in [0.1, 0.15) is 28.2 Å². The van der Waals surface area contributed by atoms with Crippen LogP contribution in [0.15, 0.2) is 66.7 Å². The molecule has 0 radical (unpaired) electrons. The van der Waals surface area contributed by atoms with Crippen molar-refractivity contribution in [1.29, 1.82) is 0 Å². The van der Waals surface area contributed by atoms with Crippen molar-refractivity contribution in [3.8, 4) is 17.2 Å². The van der Waals surface area contributed by atoms with Crippen LogP contribution in [-0.2, 0) is 6.42 Å². The van der Waals surface area contributed by atoms with Crippen LogP contribution in [-0.4, -0.2) is 39.9 Å². The molecule has 3 aromatic rings. The van der Waals surface area contributed by atoms with Gasteiger partial charge in [-0.1, -0.05) is 66.2 Å². The predicted octanol–water partition coefficient (Wildman–Crippen LogP) is 5.16. The maximum absolute atomic E-state index is 10.2. The minimum absolute atomic E-state index is 0.0442. The maximum Gasteiger partial charge on any atom is 0.176 e. The first-order valence-corrected chi connectivity index (χ1v) is 10.4. The maximum atomic E-state index is 10.2. The van der Waals surface area contributed by atoms with Gasteiger partial charge in [0.05, 0.1) is 5.02 Å². The standard InChI is InChI=1S/C25H24ClNO3/c26-24-20-12-14-27(13-4-7-17-5-2-1-3-6-17)16-22(18-8-10-19(28)11-9-18)21(20)15-23(29)25(24)30/h1-11,15,22,28-30H,12-14,16H2/b7-4+. The first kappa shape index (κ1) is 20.3. The van der Waals surface area contributed by atoms with E-state index in [4.69, 9.17) is 11.6 Å². The second-order valence-corrected chi connectivity index (χ2v) is 7.97. The van der Waals surface area contributed by atoms with Gasteiger partial charge in [0.2, 0.25) is 0 Å². The van der Waals surface area contributed by atoms with E-state index in [0.29, 0.717) is 6.42 Å². The largest absolute Gasteiger partial charge is 0.508 e. The fourth-order valence-corrected chi connectivity index (χ4v) is 4.33. The average molecular weight is 422 g/mol. The van der Waals surface area contributed by atoms with Crippen molar-refractivity contribution in [2.75, 3.05) is 19.6 Å². The minimum Gasteiger partial charge on any atom is -0.508 e. The molecule has 154 valence electrons. The number of rotatable bonds is 4. The molecule has 1 unspecified atom stereocenters. The summed E-state index contributed by atoms with van der Waals surface area (Å²) in [5, 5.41) is 30.2. The summed E-state index contributed by atoms with van der Waals surface area (Å²) in [5.74, 6) is -0.309. The second kappa shape index (κ2) is 8.82. The van der Waals surface area contributed by atoms with Gasteiger partial charge in [0, 0.05) is 25.6 Å². The Balaban J connectivity index is 1.65. The van der Waals surface area contributed by atoms with Gasteiger partial charge < -0.3 is 15.3 Å². The molecule has 0 amide bonds. The Kier molecular flexibility index (Phi) is 5.98. The summed E-state index contributed by atoms with van der Waals surface area (Å²) in [6.07, 6.45) is 4.93. The fraction of sp³-hybridized carbons (Fsp3) is 0.200. The van der Waals surface area contributed by atoms with E-state index in [-0.39, 0.29) is 28.2 Å². The van der Waals surface area contributed by atoms with Crippen molar-refractivity contribution in [1.82, 2.24) is 4.90 Å². The van der Waals surface area contributed by atoms with Crippen molar-refractivity contribution in [3.05, 3.63) is 94.0 Å². The Morgan fingerprint density at radius 2 is 1.73 bits per heavy atom. The molecule has 0 saturated carbocycles. The zero-order valence-corrected chi connectivity index (χ0v) is 17.3. The third kappa shape index (κ3) is 4.30. The van der Waals surface area contributed by atoms with E-state index in [2.05, 4.69) is 29.2 Å². The van der Waals surface area contributed by atoms with Crippen LogP contribution in [0.25, 0.3) is 6.08 Å². The molecule has 3 N–H and O–H groups in total. The van der Waals surface area contributed by atoms with Crippen LogP contribution < -0.4 is 0 Å². The predicted molar refractivity (Wildman–Crippen MR) is 120 cm³/mol. The van der Waals surface area contributed by atoms with Crippen LogP contribution in [0, 0.1) is 0 Å². The van der Waals surface area contributed by atoms with E-state index in [0.717, 1.165) is 41.9 Å². The van der Waals surface area contributed by atoms with Crippen molar-refractivity contribution >= 4 is 17.7 Å². The second-order valence-electron chi connectivity index (χ2n) is 7.59. The Bertz CT molecular complexity index is 1050. The Morgan fingerprint density at radius 3 is 2.47 bits per heavy atom. The summed E-state index contributed by atoms with van der Waals surface area (Å²) in [4.78, 5) is 2.33. The Labute approximate surface area is 181 Å². The Hall–Kier alpha value is -2.95. The number of phenols is 3. The molecule has 1 aliphatic rings. The van der Waals surface area contributed by atoms with E-state index < -0.39 is 0 Å². The third-order valence-electron chi connectivity index (χ3n) is 5.62. The van der Waals surface area contributed by atoms with Gasteiger partial charge in [0.1, 0.15) is 5.75 Å². The molecule has 0 aromatic heterocycles. The highest BCUT2D eigenvalue weighted by atomic mass is 35.5. The zero-order chi connectivity index (χ0) is 21.1. The lowest BCUT2D eigenvalue weighted by Gasteiger charge is -2.24. The number of aromatic hydroxyl groups is 3. The van der Waals surface area contributed by atoms with E-state index >= 15 is 0 Å². The van der Waals surface area contributed by atoms with Gasteiger partial charge in [0.25, 0.3) is 0 Å². The summed E-state index contributed by atoms with van der Waals surface area (Å²) < 4.78 is 0. The number of fused-ring (bicyclic) bond motifs is 1. The summed E-state index contributed by atoms with van der Waals surface area (Å²) in [6.45, 7) is 2.29. The Morgan fingerprint density at radius 1 is 1.00 bits per heavy atom. The molecule has 30 heavy (non-hydrogen) atoms. The summed E-state index contributed by atoms with van der Waals surface area (Å²) in [7, 11) is 0. The normalized spacial score (nSPS) is 17.0. The van der Waals surface area contributed by atoms with Gasteiger partial charge in [0.15, 0.2) is 11.5 Å². The molecule has 1 atom stereocenters. The van der Waals surface area contributed by atoms with Crippen LogP contribution in [0.2, 0.25) is 5.02 Å². The van der Waals surface area contributed by atoms with Crippen molar-refractivity contribution in [3.63, 3.8) is 0 Å². The molecular formula is C25H24ClNO3. The van der Waals surface area contributed by atoms with Crippen LogP contribution in [0.3, 0.4) is 0 Å². The van der Waals surface area contributed by atoms with Crippen molar-refractivity contribution in [2.45, 2.75) is 12.3 Å². The van der Waals surface area contributed by atoms with Gasteiger partial charge in [-0.05, 0) is 46.9 Å². The number of nitrogens with zero attached hydrogens (tertiary/aromatic N) is 1. The van der Waals surface area contributed by atoms with E-state index in [9.17, 15) is 15.3 Å². The molecule has 0 aliphatic carbocycles. The highest BCUT2D eigenvalue weighted by Gasteiger charge is 2.28. The molecule has 0 bridgehead atoms. The quantitative estimate of drug-likeness (QED) is 0.509. The molecule has 1 heterocycles. The van der Waals surface area contributed by atoms with Gasteiger partial charge in [-0.3, -0.25) is 4.90 Å². The molecule has 3 aromatic carbocycles. The molecule has 0 fully saturated rings. The van der Waals surface area contributed by atoms with E-state index in [1.165, 1.54) is 0 Å². The van der Waals surface area contributed by atoms with E-state index in [1.54, 1.807) is 18.2 Å². The van der Waals surface area contributed by atoms with Crippen LogP contribution in [0.4, 0.5) is 0 Å². The van der Waals surface area contributed by atoms with Crippen molar-refractivity contribution < 1.29 is 15.3 Å². The highest BCUT2D eigenvalue weighted by Crippen LogP contribution is 2.43. The lowest BCUT2D eigenvalue weighted by molar-refractivity contribution is 0.306. The number of halogens is 1. The first-order valence-electron chi connectivity index (χ1n) is 9.99. The molecular weight excluding hydrogens is 398 g/mol. The van der Waals surface area contributed by atoms with Crippen LogP contribution in [0.5, 0.6) is 17.2 Å². The SMILES string of the molecule is Oc1ccc(C2CN(C/C=C/c3ccccc3)CCc3c2cc(O)c(O)c3Cl)cc1. The molecule has 4 nitrogen and oxygen atoms in total. The molecule has 5 heteroatoms. The molecule has 0 spiro atoms. The highest BCUT2D eigenvalue weighted by molar-refractivity contribution is 6.33. The van der Waals surface area contributed by atoms with Gasteiger partial charge in [-0.15, -0.1) is 0 Å². The number of hydrogen-bond donors (Lipinski definition) is 3. The summed E-state index contributed by atoms with van der Waals surface area (Å²) >= 11 is 6.42. The lowest BCUT2D eigenvalue weighted by Crippen LogP contribution is -2.29. The van der Waals surface area contributed by atoms with E-state index in [1.807, 2.05) is 30.3 Å². The van der Waals surface area contributed by atoms with Crippen LogP contribution >= 0.6 is 11.6 Å². The number of phenolic OH excluding ortho intramolecular Hbond substituents is 3. The van der Waals surface area contributed by atoms with Crippen molar-refractivity contribution in [2.24, 2.45) is 0 Å². The number of hydrogen-bond acceptors (Lipinski definition) is 4. The topological polar surface area (TPSA) is 63.9 Å². The number of benzene rings is 3. The van der Waals surface area contributed by atoms with Gasteiger partial charge >= 0.3 is 0 Å². The smallest absolute Gasteiger partial charge is 0.176 e. The summed E-state index contributed by atoms with van der Waals surface area (Å²) in [6, 6.07) is 18.9. The third-order valence-corrected chi connectivity index (χ3v) is 6.03. The average Bonchev–Trinajstić information content (AvgIpc) is 2.93. The van der Waals surface area contributed by atoms with Gasteiger partial charge in [-0.2, -0.15) is 0 Å². The lowest BCUT2D eigenvalue weighted by atomic mass is 9.87. The molecule has 1 aliphatic heterocycles. The fourth-order valence-electron chi connectivity index (χ4n) is 4.03. The van der Waals surface area contributed by atoms with Gasteiger partial charge in [-0.25, -0.2) is 0 Å². The monoisotopic (exact) mass is 421 g/mol. The summed E-state index contributed by atoms with van der Waals surface area (Å²) in [5.41, 5.74) is 3.95. The molecule has 4 rings (SSSR count). The first-order chi connectivity index (χ1) is 14.5. The minimum atomic E-state index is -0.266.